The van der Waals surface area contributed by atoms with E-state index in [0.29, 0.717) is 19.3 Å². The summed E-state index contributed by atoms with van der Waals surface area (Å²) in [5.74, 6) is -1.55. The fourth-order valence-electron chi connectivity index (χ4n) is 7.24. The lowest BCUT2D eigenvalue weighted by atomic mass is 10.1. The molecule has 12 heteroatoms. The summed E-state index contributed by atoms with van der Waals surface area (Å²) in [7, 11) is -4.77. The molecule has 72 heavy (non-hydrogen) atoms. The third-order valence-electron chi connectivity index (χ3n) is 11.5. The number of phosphoric acid groups is 1. The van der Waals surface area contributed by atoms with E-state index >= 15 is 0 Å². The predicted octanol–water partition coefficient (Wildman–Crippen LogP) is 16.5. The molecule has 0 aromatic carbocycles. The van der Waals surface area contributed by atoms with Gasteiger partial charge in [0.15, 0.2) is 6.10 Å². The number of phosphoric ester groups is 1. The second-order valence-electron chi connectivity index (χ2n) is 18.3. The molecule has 0 aromatic heterocycles. The molecule has 0 aliphatic rings. The Morgan fingerprint density at radius 1 is 0.403 bits per heavy atom. The summed E-state index contributed by atoms with van der Waals surface area (Å²) < 4.78 is 39.4. The predicted molar refractivity (Wildman–Crippen MR) is 297 cm³/mol. The van der Waals surface area contributed by atoms with Crippen LogP contribution >= 0.6 is 7.82 Å². The number of esters is 3. The maximum atomic E-state index is 12.9. The third-order valence-corrected chi connectivity index (χ3v) is 12.4. The lowest BCUT2D eigenvalue weighted by Crippen LogP contribution is -2.30. The van der Waals surface area contributed by atoms with Crippen LogP contribution in [0.5, 0.6) is 0 Å². The largest absolute Gasteiger partial charge is 0.472 e. The highest BCUT2D eigenvalue weighted by Crippen LogP contribution is 2.43. The Kier molecular flexibility index (Phi) is 51.0. The molecule has 0 aromatic rings. The Balaban J connectivity index is 4.81. The Hall–Kier alpha value is -3.60. The van der Waals surface area contributed by atoms with Crippen molar-refractivity contribution >= 4 is 25.7 Å². The van der Waals surface area contributed by atoms with Crippen LogP contribution in [-0.2, 0) is 42.2 Å². The number of hydrogen-bond donors (Lipinski definition) is 2. The third kappa shape index (κ3) is 51.3. The van der Waals surface area contributed by atoms with Crippen LogP contribution < -0.4 is 0 Å². The Labute approximate surface area is 438 Å². The number of hydrogen-bond acceptors (Lipinski definition) is 10. The highest BCUT2D eigenvalue weighted by Gasteiger charge is 2.28. The van der Waals surface area contributed by atoms with Gasteiger partial charge in [0.2, 0.25) is 0 Å². The van der Waals surface area contributed by atoms with E-state index < -0.39 is 57.8 Å². The first-order valence-corrected chi connectivity index (χ1v) is 29.6. The molecule has 0 aliphatic carbocycles. The number of ether oxygens (including phenoxy) is 3. The molecule has 11 nitrogen and oxygen atoms in total. The molecule has 0 spiro atoms. The van der Waals surface area contributed by atoms with Crippen molar-refractivity contribution in [2.24, 2.45) is 0 Å². The van der Waals surface area contributed by atoms with Crippen molar-refractivity contribution < 1.29 is 52.2 Å². The number of unbranched alkanes of at least 4 members (excludes halogenated alkanes) is 18. The SMILES string of the molecule is CC/C=C\C/C=C\C/C=C\C/C=C\CCCCC(=O)OC(COC(=O)CCCCCCC/C=C\C/C=C\C/C=C\CC)COP(=O)(O)OCC(CO)OC(=O)CCCCCCC/C=C\CCCCCCCC. The minimum atomic E-state index is -4.77. The molecule has 0 fully saturated rings. The van der Waals surface area contributed by atoms with Crippen molar-refractivity contribution in [3.05, 3.63) is 97.2 Å². The topological polar surface area (TPSA) is 155 Å². The van der Waals surface area contributed by atoms with Crippen LogP contribution in [0.2, 0.25) is 0 Å². The van der Waals surface area contributed by atoms with E-state index in [1.807, 2.05) is 0 Å². The molecule has 3 atom stereocenters. The molecule has 0 rings (SSSR count). The zero-order valence-corrected chi connectivity index (χ0v) is 46.3. The molecule has 0 amide bonds. The maximum Gasteiger partial charge on any atom is 0.472 e. The zero-order valence-electron chi connectivity index (χ0n) is 45.4. The maximum absolute atomic E-state index is 12.9. The quantitative estimate of drug-likeness (QED) is 0.0197. The summed E-state index contributed by atoms with van der Waals surface area (Å²) in [5, 5.41) is 9.81. The van der Waals surface area contributed by atoms with Gasteiger partial charge in [-0.2, -0.15) is 0 Å². The van der Waals surface area contributed by atoms with Gasteiger partial charge in [-0.15, -0.1) is 0 Å². The van der Waals surface area contributed by atoms with Crippen molar-refractivity contribution in [3.8, 4) is 0 Å². The smallest absolute Gasteiger partial charge is 0.462 e. The Morgan fingerprint density at radius 2 is 0.722 bits per heavy atom. The first-order chi connectivity index (χ1) is 35.2. The van der Waals surface area contributed by atoms with Crippen LogP contribution in [0.4, 0.5) is 0 Å². The summed E-state index contributed by atoms with van der Waals surface area (Å²) >= 11 is 0. The van der Waals surface area contributed by atoms with Gasteiger partial charge in [0.05, 0.1) is 19.8 Å². The van der Waals surface area contributed by atoms with E-state index in [4.69, 9.17) is 23.3 Å². The average molecular weight is 1030 g/mol. The molecule has 0 aliphatic heterocycles. The van der Waals surface area contributed by atoms with Gasteiger partial charge in [0, 0.05) is 19.3 Å². The van der Waals surface area contributed by atoms with Gasteiger partial charge in [-0.3, -0.25) is 23.4 Å². The van der Waals surface area contributed by atoms with E-state index in [9.17, 15) is 28.9 Å². The molecule has 0 heterocycles. The lowest BCUT2D eigenvalue weighted by molar-refractivity contribution is -0.161. The fourth-order valence-corrected chi connectivity index (χ4v) is 8.02. The van der Waals surface area contributed by atoms with Crippen molar-refractivity contribution in [1.82, 2.24) is 0 Å². The summed E-state index contributed by atoms with van der Waals surface area (Å²) in [5.41, 5.74) is 0. The average Bonchev–Trinajstić information content (AvgIpc) is 3.37. The standard InChI is InChI=1S/C60H101O11P/c1-4-7-10-13-16-19-22-25-28-31-34-37-40-43-46-49-58(62)67-53-57(71-60(64)51-48-45-42-39-36-33-30-27-24-21-18-15-12-9-6-3)55-69-72(65,66)68-54-56(52-61)70-59(63)50-47-44-41-38-35-32-29-26-23-20-17-14-11-8-5-2/h7,9-10,12,16,18-19,21,25-30,36,39,56-57,61H,4-6,8,11,13-15,17,20,22-24,31-35,37-38,40-55H2,1-3H3,(H,65,66)/b10-7-,12-9-,19-16-,21-18-,28-25-,29-26-,30-27-,39-36-. The van der Waals surface area contributed by atoms with E-state index in [1.54, 1.807) is 0 Å². The molecule has 0 saturated carbocycles. The highest BCUT2D eigenvalue weighted by atomic mass is 31.2. The normalized spacial score (nSPS) is 14.1. The molecule has 0 saturated heterocycles. The van der Waals surface area contributed by atoms with Gasteiger partial charge in [-0.1, -0.05) is 189 Å². The summed E-state index contributed by atoms with van der Waals surface area (Å²) in [6.45, 7) is 4.33. The number of aliphatic hydroxyl groups excluding tert-OH is 1. The van der Waals surface area contributed by atoms with E-state index in [-0.39, 0.29) is 25.9 Å². The minimum absolute atomic E-state index is 0.107. The van der Waals surface area contributed by atoms with Crippen LogP contribution in [0.3, 0.4) is 0 Å². The Morgan fingerprint density at radius 3 is 1.15 bits per heavy atom. The number of carbonyl (C=O) groups excluding carboxylic acids is 3. The van der Waals surface area contributed by atoms with E-state index in [0.717, 1.165) is 128 Å². The van der Waals surface area contributed by atoms with Gasteiger partial charge in [-0.25, -0.2) is 4.57 Å². The van der Waals surface area contributed by atoms with E-state index in [1.165, 1.54) is 38.5 Å². The van der Waals surface area contributed by atoms with Crippen LogP contribution in [0.15, 0.2) is 97.2 Å². The van der Waals surface area contributed by atoms with Crippen molar-refractivity contribution in [2.45, 2.75) is 238 Å². The van der Waals surface area contributed by atoms with Crippen LogP contribution in [0.25, 0.3) is 0 Å². The van der Waals surface area contributed by atoms with Crippen LogP contribution in [0.1, 0.15) is 226 Å². The second-order valence-corrected chi connectivity index (χ2v) is 19.8. The first-order valence-electron chi connectivity index (χ1n) is 28.1. The van der Waals surface area contributed by atoms with Crippen LogP contribution in [0, 0.1) is 0 Å². The molecular formula is C60H101O11P. The van der Waals surface area contributed by atoms with E-state index in [2.05, 4.69) is 118 Å². The molecule has 0 bridgehead atoms. The van der Waals surface area contributed by atoms with Crippen LogP contribution in [-0.4, -0.2) is 66.5 Å². The summed E-state index contributed by atoms with van der Waals surface area (Å²) in [4.78, 5) is 48.5. The lowest BCUT2D eigenvalue weighted by Gasteiger charge is -2.21. The van der Waals surface area contributed by atoms with Gasteiger partial charge in [0.1, 0.15) is 12.7 Å². The zero-order chi connectivity index (χ0) is 52.7. The minimum Gasteiger partial charge on any atom is -0.462 e. The van der Waals surface area contributed by atoms with Gasteiger partial charge in [-0.05, 0) is 116 Å². The van der Waals surface area contributed by atoms with Crippen molar-refractivity contribution in [3.63, 3.8) is 0 Å². The molecular weight excluding hydrogens is 928 g/mol. The Bertz CT molecular complexity index is 1580. The van der Waals surface area contributed by atoms with Crippen molar-refractivity contribution in [1.29, 1.82) is 0 Å². The highest BCUT2D eigenvalue weighted by molar-refractivity contribution is 7.47. The molecule has 412 valence electrons. The number of carbonyl (C=O) groups is 3. The number of rotatable bonds is 51. The number of allylic oxidation sites excluding steroid dienone is 16. The second kappa shape index (κ2) is 53.7. The van der Waals surface area contributed by atoms with Gasteiger partial charge in [0.25, 0.3) is 0 Å². The van der Waals surface area contributed by atoms with Gasteiger partial charge >= 0.3 is 25.7 Å². The molecule has 3 unspecified atom stereocenters. The van der Waals surface area contributed by atoms with Gasteiger partial charge < -0.3 is 24.2 Å². The fraction of sp³-hybridized carbons (Fsp3) is 0.683. The first kappa shape index (κ1) is 68.4. The molecule has 2 N–H and O–H groups in total. The summed E-state index contributed by atoms with van der Waals surface area (Å²) in [6.07, 6.45) is 62.3. The van der Waals surface area contributed by atoms with Crippen molar-refractivity contribution in [2.75, 3.05) is 26.4 Å². The number of aliphatic hydroxyl groups is 1. The molecule has 0 radical (unpaired) electrons. The summed E-state index contributed by atoms with van der Waals surface area (Å²) in [6, 6.07) is 0. The monoisotopic (exact) mass is 1030 g/mol.